The van der Waals surface area contributed by atoms with Crippen LogP contribution in [-0.4, -0.2) is 72.8 Å². The molecule has 1 unspecified atom stereocenters. The molecule has 2 fully saturated rings. The Balaban J connectivity index is 1.86. The number of rotatable bonds is 10. The highest BCUT2D eigenvalue weighted by atomic mass is 16.8. The summed E-state index contributed by atoms with van der Waals surface area (Å²) in [7, 11) is 0. The fourth-order valence-corrected chi connectivity index (χ4v) is 3.01. The Morgan fingerprint density at radius 3 is 2.48 bits per heavy atom. The Morgan fingerprint density at radius 2 is 1.83 bits per heavy atom. The molecule has 2 heterocycles. The van der Waals surface area contributed by atoms with E-state index < -0.39 is 24.1 Å². The number of unbranched alkanes of at least 4 members (excludes halogenated alkanes) is 2. The van der Waals surface area contributed by atoms with E-state index >= 15 is 0 Å². The number of hydrogen-bond acceptors (Lipinski definition) is 8. The van der Waals surface area contributed by atoms with Crippen LogP contribution in [0.25, 0.3) is 10.4 Å². The first-order valence-electron chi connectivity index (χ1n) is 9.62. The van der Waals surface area contributed by atoms with Crippen molar-refractivity contribution in [2.45, 2.75) is 51.0 Å². The van der Waals surface area contributed by atoms with Crippen LogP contribution in [0.5, 0.6) is 0 Å². The Labute approximate surface area is 167 Å². The molecule has 29 heavy (non-hydrogen) atoms. The predicted octanol–water partition coefficient (Wildman–Crippen LogP) is 1.69. The van der Waals surface area contributed by atoms with Crippen LogP contribution in [-0.2, 0) is 28.7 Å². The summed E-state index contributed by atoms with van der Waals surface area (Å²) >= 11 is 0. The highest BCUT2D eigenvalue weighted by Gasteiger charge is 2.34. The van der Waals surface area contributed by atoms with Crippen LogP contribution >= 0.6 is 0 Å². The van der Waals surface area contributed by atoms with Gasteiger partial charge in [-0.3, -0.25) is 19.2 Å². The molecule has 2 rings (SSSR count). The van der Waals surface area contributed by atoms with Crippen LogP contribution in [0, 0.1) is 0 Å². The van der Waals surface area contributed by atoms with Gasteiger partial charge in [0.25, 0.3) is 11.8 Å². The van der Waals surface area contributed by atoms with Gasteiger partial charge in [-0.15, -0.1) is 0 Å². The quantitative estimate of drug-likeness (QED) is 0.132. The Hall–Kier alpha value is -2.85. The summed E-state index contributed by atoms with van der Waals surface area (Å²) in [6.45, 7) is 2.23. The predicted molar refractivity (Wildman–Crippen MR) is 96.9 cm³/mol. The third-order valence-electron chi connectivity index (χ3n) is 4.55. The number of hydrogen-bond donors (Lipinski definition) is 0. The van der Waals surface area contributed by atoms with Crippen LogP contribution in [0.4, 0.5) is 4.79 Å². The van der Waals surface area contributed by atoms with Crippen LogP contribution in [0.15, 0.2) is 5.11 Å². The van der Waals surface area contributed by atoms with E-state index in [0.717, 1.165) is 6.42 Å². The zero-order chi connectivity index (χ0) is 21.1. The maximum absolute atomic E-state index is 12.5. The molecule has 0 aliphatic carbocycles. The first-order chi connectivity index (χ1) is 14.0. The second kappa shape index (κ2) is 11.9. The Morgan fingerprint density at radius 1 is 1.14 bits per heavy atom. The van der Waals surface area contributed by atoms with Crippen LogP contribution in [0.1, 0.15) is 44.9 Å². The van der Waals surface area contributed by atoms with Gasteiger partial charge in [0, 0.05) is 37.4 Å². The second-order valence-corrected chi connectivity index (χ2v) is 6.66. The fourth-order valence-electron chi connectivity index (χ4n) is 3.01. The van der Waals surface area contributed by atoms with Gasteiger partial charge in [0.1, 0.15) is 6.10 Å². The van der Waals surface area contributed by atoms with E-state index in [1.807, 2.05) is 0 Å². The molecule has 12 heteroatoms. The molecule has 12 nitrogen and oxygen atoms in total. The van der Waals surface area contributed by atoms with Crippen LogP contribution in [0.2, 0.25) is 0 Å². The van der Waals surface area contributed by atoms with E-state index in [1.165, 1.54) is 0 Å². The Kier molecular flexibility index (Phi) is 9.19. The number of hydroxylamine groups is 2. The molecule has 2 aliphatic rings. The number of azide groups is 1. The van der Waals surface area contributed by atoms with Gasteiger partial charge in [-0.2, -0.15) is 0 Å². The molecule has 0 bridgehead atoms. The normalized spacial score (nSPS) is 17.7. The van der Waals surface area contributed by atoms with Crippen molar-refractivity contribution in [1.29, 1.82) is 0 Å². The molecule has 0 spiro atoms. The molecule has 2 aliphatic heterocycles. The highest BCUT2D eigenvalue weighted by Crippen LogP contribution is 2.17. The minimum absolute atomic E-state index is 0.0176. The van der Waals surface area contributed by atoms with Crippen molar-refractivity contribution in [1.82, 2.24) is 9.96 Å². The number of imide groups is 1. The van der Waals surface area contributed by atoms with Crippen molar-refractivity contribution in [3.05, 3.63) is 10.4 Å². The Bertz CT molecular complexity index is 643. The topological polar surface area (TPSA) is 151 Å². The molecule has 1 atom stereocenters. The summed E-state index contributed by atoms with van der Waals surface area (Å²) < 4.78 is 10.5. The van der Waals surface area contributed by atoms with E-state index in [-0.39, 0.29) is 25.2 Å². The SMILES string of the molecule is [N-]=[N+]=NCCCCCC(CC(=O)N1CCOCC1)OC(=O)ON1C(=O)CCC1=O. The highest BCUT2D eigenvalue weighted by molar-refractivity contribution is 6.01. The van der Waals surface area contributed by atoms with E-state index in [9.17, 15) is 19.2 Å². The summed E-state index contributed by atoms with van der Waals surface area (Å²) in [4.78, 5) is 56.7. The van der Waals surface area contributed by atoms with Gasteiger partial charge in [0.05, 0.1) is 19.6 Å². The van der Waals surface area contributed by atoms with Gasteiger partial charge in [-0.1, -0.05) is 16.6 Å². The summed E-state index contributed by atoms with van der Waals surface area (Å²) in [5, 5.41) is 3.86. The third kappa shape index (κ3) is 7.59. The molecular formula is C17H25N5O7. The summed E-state index contributed by atoms with van der Waals surface area (Å²) in [5.74, 6) is -1.38. The van der Waals surface area contributed by atoms with Crippen molar-refractivity contribution in [2.75, 3.05) is 32.8 Å². The maximum Gasteiger partial charge on any atom is 0.534 e. The third-order valence-corrected chi connectivity index (χ3v) is 4.55. The fraction of sp³-hybridized carbons (Fsp3) is 0.765. The molecule has 0 aromatic heterocycles. The molecule has 0 aromatic rings. The molecule has 2 saturated heterocycles. The summed E-state index contributed by atoms with van der Waals surface area (Å²) in [5.41, 5.74) is 8.27. The number of morpholine rings is 1. The van der Waals surface area contributed by atoms with E-state index in [2.05, 4.69) is 10.0 Å². The molecule has 0 N–H and O–H groups in total. The molecular weight excluding hydrogens is 386 g/mol. The zero-order valence-electron chi connectivity index (χ0n) is 16.2. The lowest BCUT2D eigenvalue weighted by atomic mass is 10.1. The van der Waals surface area contributed by atoms with Gasteiger partial charge >= 0.3 is 6.16 Å². The van der Waals surface area contributed by atoms with Gasteiger partial charge in [-0.05, 0) is 24.8 Å². The number of carbonyl (C=O) groups excluding carboxylic acids is 4. The van der Waals surface area contributed by atoms with E-state index in [0.29, 0.717) is 57.2 Å². The number of amides is 3. The van der Waals surface area contributed by atoms with Crippen molar-refractivity contribution >= 4 is 23.9 Å². The minimum atomic E-state index is -1.19. The van der Waals surface area contributed by atoms with Gasteiger partial charge < -0.3 is 14.4 Å². The van der Waals surface area contributed by atoms with Crippen molar-refractivity contribution in [3.8, 4) is 0 Å². The number of nitrogens with zero attached hydrogens (tertiary/aromatic N) is 5. The molecule has 0 radical (unpaired) electrons. The monoisotopic (exact) mass is 411 g/mol. The number of carbonyl (C=O) groups is 4. The molecule has 160 valence electrons. The maximum atomic E-state index is 12.5. The average molecular weight is 411 g/mol. The van der Waals surface area contributed by atoms with Gasteiger partial charge in [-0.25, -0.2) is 4.79 Å². The smallest absolute Gasteiger partial charge is 0.429 e. The van der Waals surface area contributed by atoms with Crippen LogP contribution in [0.3, 0.4) is 0 Å². The van der Waals surface area contributed by atoms with Crippen molar-refractivity contribution < 1.29 is 33.5 Å². The van der Waals surface area contributed by atoms with Gasteiger partial charge in [0.2, 0.25) is 5.91 Å². The standard InChI is InChI=1S/C17H25N5O7/c18-20-19-7-3-1-2-4-13(12-16(25)21-8-10-27-11-9-21)28-17(26)29-22-14(23)5-6-15(22)24/h13H,1-12H2. The molecule has 0 aromatic carbocycles. The lowest BCUT2D eigenvalue weighted by Gasteiger charge is -2.28. The van der Waals surface area contributed by atoms with E-state index in [4.69, 9.17) is 19.8 Å². The van der Waals surface area contributed by atoms with Crippen molar-refractivity contribution in [2.24, 2.45) is 5.11 Å². The first-order valence-corrected chi connectivity index (χ1v) is 9.62. The lowest BCUT2D eigenvalue weighted by Crippen LogP contribution is -2.42. The summed E-state index contributed by atoms with van der Waals surface area (Å²) in [6.07, 6.45) is 0.408. The minimum Gasteiger partial charge on any atom is -0.429 e. The average Bonchev–Trinajstić information content (AvgIpc) is 3.03. The first kappa shape index (κ1) is 22.4. The van der Waals surface area contributed by atoms with Crippen LogP contribution < -0.4 is 0 Å². The van der Waals surface area contributed by atoms with E-state index in [1.54, 1.807) is 4.90 Å². The lowest BCUT2D eigenvalue weighted by molar-refractivity contribution is -0.179. The zero-order valence-corrected chi connectivity index (χ0v) is 16.2. The molecule has 0 saturated carbocycles. The van der Waals surface area contributed by atoms with Crippen molar-refractivity contribution in [3.63, 3.8) is 0 Å². The second-order valence-electron chi connectivity index (χ2n) is 6.66. The van der Waals surface area contributed by atoms with Gasteiger partial charge in [0.15, 0.2) is 0 Å². The summed E-state index contributed by atoms with van der Waals surface area (Å²) in [6, 6.07) is 0. The molecule has 3 amide bonds. The number of ether oxygens (including phenoxy) is 2. The largest absolute Gasteiger partial charge is 0.534 e.